The van der Waals surface area contributed by atoms with Gasteiger partial charge < -0.3 is 0 Å². The normalized spacial score (nSPS) is 14.3. The molecular weight excluding hydrogens is 1170 g/mol. The van der Waals surface area contributed by atoms with Crippen LogP contribution < -0.4 is 0 Å². The topological polar surface area (TPSA) is 0 Å². The second kappa shape index (κ2) is 35.5. The first kappa shape index (κ1) is 66.1. The maximum absolute atomic E-state index is 2.35. The van der Waals surface area contributed by atoms with Crippen molar-refractivity contribution in [2.75, 3.05) is 0 Å². The Balaban J connectivity index is 0.000000105. The van der Waals surface area contributed by atoms with Crippen LogP contribution in [0.4, 0.5) is 0 Å². The largest absolute Gasteiger partial charge is 0.0882 e. The molecule has 0 saturated carbocycles. The fraction of sp³-hybridized carbons (Fsp3) is 0.134. The molecule has 15 aromatic rings. The Morgan fingerprint density at radius 2 is 0.557 bits per heavy atom. The third-order valence-corrected chi connectivity index (χ3v) is 18.9. The Morgan fingerprint density at radius 3 is 1.00 bits per heavy atom. The highest BCUT2D eigenvalue weighted by atomic mass is 14.4. The molecule has 5 aliphatic carbocycles. The monoisotopic (exact) mass is 1250 g/mol. The minimum atomic E-state index is 0.834. The Morgan fingerprint density at radius 1 is 0.227 bits per heavy atom. The van der Waals surface area contributed by atoms with Crippen LogP contribution in [0.3, 0.4) is 0 Å². The van der Waals surface area contributed by atoms with Crippen LogP contribution in [0.1, 0.15) is 82.5 Å². The second-order valence-electron chi connectivity index (χ2n) is 25.4. The summed E-state index contributed by atoms with van der Waals surface area (Å²) in [6.45, 7) is 0. The summed E-state index contributed by atoms with van der Waals surface area (Å²) in [4.78, 5) is 0. The van der Waals surface area contributed by atoms with Crippen LogP contribution in [0.2, 0.25) is 0 Å². The summed E-state index contributed by atoms with van der Waals surface area (Å²) in [6.07, 6.45) is 23.4. The van der Waals surface area contributed by atoms with Crippen LogP contribution in [-0.2, 0) is 38.5 Å². The number of allylic oxidation sites excluding steroid dienone is 3. The van der Waals surface area contributed by atoms with Gasteiger partial charge in [0.1, 0.15) is 0 Å². The van der Waals surface area contributed by atoms with Crippen molar-refractivity contribution in [3.8, 4) is 11.1 Å². The third kappa shape index (κ3) is 18.9. The van der Waals surface area contributed by atoms with Crippen LogP contribution in [0, 0.1) is 5.92 Å². The molecule has 20 rings (SSSR count). The highest BCUT2D eigenvalue weighted by Crippen LogP contribution is 2.44. The molecule has 0 fully saturated rings. The number of fused-ring (bicyclic) bond motifs is 12. The van der Waals surface area contributed by atoms with Gasteiger partial charge in [0.25, 0.3) is 0 Å². The first-order valence-electron chi connectivity index (χ1n) is 35.1. The number of hydrogen-bond acceptors (Lipinski definition) is 0. The van der Waals surface area contributed by atoms with E-state index in [2.05, 4.69) is 340 Å². The fourth-order valence-electron chi connectivity index (χ4n) is 13.8. The maximum Gasteiger partial charge on any atom is -0.00882 e. The minimum absolute atomic E-state index is 0.834. The molecule has 0 heterocycles. The van der Waals surface area contributed by atoms with Crippen molar-refractivity contribution in [3.63, 3.8) is 0 Å². The van der Waals surface area contributed by atoms with Crippen molar-refractivity contribution in [2.24, 2.45) is 5.92 Å². The molecule has 15 aromatic carbocycles. The number of hydrogen-bond donors (Lipinski definition) is 0. The van der Waals surface area contributed by atoms with E-state index in [1.807, 2.05) is 48.5 Å². The zero-order chi connectivity index (χ0) is 65.7. The lowest BCUT2D eigenvalue weighted by Crippen LogP contribution is -2.09. The van der Waals surface area contributed by atoms with Crippen LogP contribution in [-0.4, -0.2) is 0 Å². The molecule has 0 aliphatic heterocycles. The summed E-state index contributed by atoms with van der Waals surface area (Å²) >= 11 is 0. The molecule has 0 spiro atoms. The van der Waals surface area contributed by atoms with Crippen molar-refractivity contribution < 1.29 is 0 Å². The van der Waals surface area contributed by atoms with Gasteiger partial charge in [-0.1, -0.05) is 376 Å². The van der Waals surface area contributed by atoms with Crippen LogP contribution in [0.15, 0.2) is 382 Å². The molecule has 0 bridgehead atoms. The van der Waals surface area contributed by atoms with E-state index in [1.54, 1.807) is 33.4 Å². The highest BCUT2D eigenvalue weighted by molar-refractivity contribution is 6.07. The molecule has 476 valence electrons. The Bertz CT molecular complexity index is 4560. The van der Waals surface area contributed by atoms with Gasteiger partial charge in [-0.2, -0.15) is 0 Å². The van der Waals surface area contributed by atoms with Crippen molar-refractivity contribution >= 4 is 59.9 Å². The number of rotatable bonds is 1. The van der Waals surface area contributed by atoms with Gasteiger partial charge in [0.2, 0.25) is 0 Å². The van der Waals surface area contributed by atoms with Crippen molar-refractivity contribution in [1.82, 2.24) is 0 Å². The quantitative estimate of drug-likeness (QED) is 0.0873. The number of aryl methyl sites for hydroxylation is 4. The lowest BCUT2D eigenvalue weighted by Gasteiger charge is -2.21. The lowest BCUT2D eigenvalue weighted by molar-refractivity contribution is 0.448. The zero-order valence-corrected chi connectivity index (χ0v) is 55.9. The van der Waals surface area contributed by atoms with Gasteiger partial charge in [-0.3, -0.25) is 0 Å². The number of benzene rings is 15. The smallest absolute Gasteiger partial charge is 0.00882 e. The molecule has 5 aliphatic rings. The van der Waals surface area contributed by atoms with Gasteiger partial charge in [-0.25, -0.2) is 0 Å². The lowest BCUT2D eigenvalue weighted by atomic mass is 9.84. The average molecular weight is 1250 g/mol. The average Bonchev–Trinajstić information content (AvgIpc) is 1.62. The standard InChI is InChI=1S/2C14H10.C13H14.C12H10.C10H12.C10H8.C9H10.C9H8.C6H6/c1-3-7-13-11(5-1)9-10-12-6-2-4-8-14(12)13;1-2-6-12-10-14-8-4-3-7-13(14)9-11(12)5-1;1-3-7-12-10(5-1)9-11-6-2-4-8-13(11)12;1-3-7-11(8-4-1)12-9-5-2-6-10-12;2*1-2-6-10-8-4-3-7-9(10)5-1;2*1-2-5-9-7-3-6-8(9)4-1;1-2-4-6-5-3-1/h2*1-10H;1-5,7,11,13H,6,8-9H2;1-10H;1-2,5-6H,3-4,7-8H2;1-8H;1-2,4-5H,3,6-7H2;1-6H,7H2;1-6H. The molecule has 0 nitrogen and oxygen atoms in total. The van der Waals surface area contributed by atoms with E-state index in [4.69, 9.17) is 0 Å². The van der Waals surface area contributed by atoms with Crippen molar-refractivity contribution in [2.45, 2.75) is 76.5 Å². The second-order valence-corrected chi connectivity index (χ2v) is 25.4. The molecule has 0 amide bonds. The van der Waals surface area contributed by atoms with Gasteiger partial charge in [0.05, 0.1) is 0 Å². The molecule has 2 atom stereocenters. The minimum Gasteiger partial charge on any atom is -0.0882 e. The molecule has 2 unspecified atom stereocenters. The van der Waals surface area contributed by atoms with Gasteiger partial charge in [-0.15, -0.1) is 0 Å². The summed E-state index contributed by atoms with van der Waals surface area (Å²) in [5, 5.41) is 13.2. The Labute approximate surface area is 576 Å². The van der Waals surface area contributed by atoms with E-state index in [0.29, 0.717) is 0 Å². The van der Waals surface area contributed by atoms with Gasteiger partial charge in [-0.05, 0) is 204 Å². The predicted molar refractivity (Wildman–Crippen MR) is 421 cm³/mol. The fourth-order valence-corrected chi connectivity index (χ4v) is 13.8. The molecular formula is C97H88. The summed E-state index contributed by atoms with van der Waals surface area (Å²) < 4.78 is 0. The molecule has 0 aromatic heterocycles. The van der Waals surface area contributed by atoms with Gasteiger partial charge >= 0.3 is 0 Å². The van der Waals surface area contributed by atoms with E-state index >= 15 is 0 Å². The molecule has 0 saturated heterocycles. The summed E-state index contributed by atoms with van der Waals surface area (Å²) in [5.74, 6) is 1.74. The molecule has 97 heavy (non-hydrogen) atoms. The summed E-state index contributed by atoms with van der Waals surface area (Å²) in [5.41, 5.74) is 14.9. The molecule has 0 N–H and O–H groups in total. The Hall–Kier alpha value is -10.9. The van der Waals surface area contributed by atoms with E-state index < -0.39 is 0 Å². The molecule has 0 radical (unpaired) electrons. The SMILES string of the molecule is C1=CCC2c3ccccc3CC2C1.C1=Cc2ccccc2C1.c1ccc(-c2ccccc2)cc1.c1ccc2c(c1)CCC2.c1ccc2c(c1)CCCC2.c1ccc2c(c1)ccc1ccccc12.c1ccc2cc3ccccc3cc2c1.c1ccc2ccccc2c1.c1ccccc1. The summed E-state index contributed by atoms with van der Waals surface area (Å²) in [7, 11) is 0. The van der Waals surface area contributed by atoms with E-state index in [0.717, 1.165) is 18.3 Å². The molecule has 0 heteroatoms. The van der Waals surface area contributed by atoms with Crippen LogP contribution >= 0.6 is 0 Å². The van der Waals surface area contributed by atoms with Crippen molar-refractivity contribution in [3.05, 3.63) is 427 Å². The van der Waals surface area contributed by atoms with Crippen molar-refractivity contribution in [1.29, 1.82) is 0 Å². The van der Waals surface area contributed by atoms with Gasteiger partial charge in [0, 0.05) is 0 Å². The zero-order valence-electron chi connectivity index (χ0n) is 55.9. The first-order valence-corrected chi connectivity index (χ1v) is 35.1. The Kier molecular flexibility index (Phi) is 24.2. The van der Waals surface area contributed by atoms with E-state index in [9.17, 15) is 0 Å². The first-order chi connectivity index (χ1) is 48.2. The third-order valence-electron chi connectivity index (χ3n) is 18.9. The maximum atomic E-state index is 2.35. The van der Waals surface area contributed by atoms with Crippen LogP contribution in [0.5, 0.6) is 0 Å². The highest BCUT2D eigenvalue weighted by Gasteiger charge is 2.31. The summed E-state index contributed by atoms with van der Waals surface area (Å²) in [6, 6.07) is 127. The van der Waals surface area contributed by atoms with E-state index in [-0.39, 0.29) is 0 Å². The van der Waals surface area contributed by atoms with Gasteiger partial charge in [0.15, 0.2) is 0 Å². The predicted octanol–water partition coefficient (Wildman–Crippen LogP) is 26.2. The van der Waals surface area contributed by atoms with Crippen LogP contribution in [0.25, 0.3) is 71.1 Å². The van der Waals surface area contributed by atoms with E-state index in [1.165, 1.54) is 140 Å².